The number of aromatic nitrogens is 2. The Bertz CT molecular complexity index is 1210. The molecule has 0 spiro atoms. The van der Waals surface area contributed by atoms with Crippen molar-refractivity contribution in [3.8, 4) is 6.07 Å². The largest absolute Gasteiger partial charge is 0.435 e. The molecule has 33 heavy (non-hydrogen) atoms. The molecule has 4 rings (SSSR count). The van der Waals surface area contributed by atoms with Crippen LogP contribution in [-0.2, 0) is 6.18 Å². The maximum absolute atomic E-state index is 14.5. The lowest BCUT2D eigenvalue weighted by Crippen LogP contribution is -2.25. The number of alkyl halides is 3. The highest BCUT2D eigenvalue weighted by Crippen LogP contribution is 2.32. The number of nitrogens with zero attached hydrogens (tertiary/aromatic N) is 2. The van der Waals surface area contributed by atoms with Crippen molar-refractivity contribution in [1.29, 1.82) is 5.26 Å². The minimum Gasteiger partial charge on any atom is -0.318 e. The number of amides is 1. The van der Waals surface area contributed by atoms with E-state index in [0.717, 1.165) is 24.9 Å². The third-order valence-corrected chi connectivity index (χ3v) is 5.34. The van der Waals surface area contributed by atoms with Gasteiger partial charge in [-0.25, -0.2) is 4.39 Å². The summed E-state index contributed by atoms with van der Waals surface area (Å²) in [5.41, 5.74) is 0.0160. The summed E-state index contributed by atoms with van der Waals surface area (Å²) >= 11 is 0. The van der Waals surface area contributed by atoms with Crippen LogP contribution in [0.25, 0.3) is 0 Å². The molecule has 6 nitrogen and oxygen atoms in total. The van der Waals surface area contributed by atoms with Crippen LogP contribution in [0.3, 0.4) is 0 Å². The van der Waals surface area contributed by atoms with Crippen molar-refractivity contribution >= 4 is 11.6 Å². The zero-order valence-corrected chi connectivity index (χ0v) is 17.2. The molecule has 170 valence electrons. The molecule has 3 aromatic rings. The number of nitrogens with one attached hydrogen (secondary N) is 3. The number of hydrogen-bond acceptors (Lipinski definition) is 4. The molecule has 1 aliphatic carbocycles. The Morgan fingerprint density at radius 3 is 2.61 bits per heavy atom. The maximum atomic E-state index is 14.5. The van der Waals surface area contributed by atoms with E-state index in [1.807, 2.05) is 11.2 Å². The minimum absolute atomic E-state index is 0.185. The fourth-order valence-corrected chi connectivity index (χ4v) is 3.41. The van der Waals surface area contributed by atoms with Gasteiger partial charge in [-0.15, -0.1) is 0 Å². The average Bonchev–Trinajstić information content (AvgIpc) is 3.46. The Kier molecular flexibility index (Phi) is 6.16. The van der Waals surface area contributed by atoms with Crippen molar-refractivity contribution in [3.63, 3.8) is 0 Å². The van der Waals surface area contributed by atoms with Gasteiger partial charge in [-0.1, -0.05) is 18.2 Å². The minimum atomic E-state index is -4.71. The average molecular weight is 457 g/mol. The molecule has 3 N–H and O–H groups in total. The second-order valence-electron chi connectivity index (χ2n) is 7.88. The predicted octanol–water partition coefficient (Wildman–Crippen LogP) is 4.78. The molecule has 1 fully saturated rings. The number of aromatic amines is 1. The highest BCUT2D eigenvalue weighted by molar-refractivity contribution is 6.03. The lowest BCUT2D eigenvalue weighted by Gasteiger charge is -2.21. The molecule has 1 heterocycles. The Hall–Kier alpha value is -3.71. The van der Waals surface area contributed by atoms with Crippen molar-refractivity contribution in [2.45, 2.75) is 25.1 Å². The molecule has 1 unspecified atom stereocenters. The van der Waals surface area contributed by atoms with Crippen LogP contribution in [0.1, 0.15) is 51.8 Å². The van der Waals surface area contributed by atoms with E-state index in [4.69, 9.17) is 0 Å². The van der Waals surface area contributed by atoms with Crippen LogP contribution >= 0.6 is 0 Å². The molecule has 0 aliphatic heterocycles. The summed E-state index contributed by atoms with van der Waals surface area (Å²) in [5, 5.41) is 20.1. The molecule has 0 radical (unpaired) electrons. The van der Waals surface area contributed by atoms with E-state index in [2.05, 4.69) is 21.8 Å². The number of H-pyrrole nitrogens is 1. The first-order valence-electron chi connectivity index (χ1n) is 10.2. The van der Waals surface area contributed by atoms with E-state index in [9.17, 15) is 27.6 Å². The molecule has 1 saturated carbocycles. The van der Waals surface area contributed by atoms with Crippen LogP contribution in [0.15, 0.2) is 48.5 Å². The smallest absolute Gasteiger partial charge is 0.318 e. The second kappa shape index (κ2) is 9.03. The summed E-state index contributed by atoms with van der Waals surface area (Å²) in [6.07, 6.45) is -2.47. The summed E-state index contributed by atoms with van der Waals surface area (Å²) in [6.45, 7) is 0.731. The molecule has 10 heteroatoms. The highest BCUT2D eigenvalue weighted by Gasteiger charge is 2.34. The summed E-state index contributed by atoms with van der Waals surface area (Å²) in [6, 6.07) is 13.5. The number of benzene rings is 2. The normalized spacial score (nSPS) is 14.5. The van der Waals surface area contributed by atoms with Gasteiger partial charge < -0.3 is 10.6 Å². The molecular weight excluding hydrogens is 438 g/mol. The van der Waals surface area contributed by atoms with Gasteiger partial charge in [0.05, 0.1) is 23.4 Å². The summed E-state index contributed by atoms with van der Waals surface area (Å²) in [4.78, 5) is 12.4. The number of rotatable bonds is 7. The fourth-order valence-electron chi connectivity index (χ4n) is 3.41. The number of anilines is 1. The fraction of sp³-hybridized carbons (Fsp3) is 0.261. The molecule has 0 saturated heterocycles. The molecule has 1 amide bonds. The lowest BCUT2D eigenvalue weighted by atomic mass is 9.96. The zero-order valence-electron chi connectivity index (χ0n) is 17.2. The standard InChI is InChI=1S/C23H19F4N5O/c24-17-7-6-16(9-18(17)30-22(33)19-10-20(32-31-19)23(25,26)27)21(29-12-13-4-5-13)15-3-1-2-14(8-15)11-28/h1-3,6-10,13,21,29H,4-5,12H2,(H,30,33)(H,31,32). The van der Waals surface area contributed by atoms with Gasteiger partial charge in [0.1, 0.15) is 11.5 Å². The first-order valence-corrected chi connectivity index (χ1v) is 10.2. The molecule has 1 aliphatic rings. The molecule has 0 bridgehead atoms. The molecule has 1 aromatic heterocycles. The van der Waals surface area contributed by atoms with Crippen LogP contribution < -0.4 is 10.6 Å². The number of carbonyl (C=O) groups excluding carboxylic acids is 1. The van der Waals surface area contributed by atoms with Crippen LogP contribution in [0.5, 0.6) is 0 Å². The number of halogens is 4. The summed E-state index contributed by atoms with van der Waals surface area (Å²) in [5.74, 6) is -1.15. The molecule has 2 aromatic carbocycles. The van der Waals surface area contributed by atoms with Gasteiger partial charge in [-0.05, 0) is 60.7 Å². The van der Waals surface area contributed by atoms with E-state index in [-0.39, 0.29) is 11.7 Å². The summed E-state index contributed by atoms with van der Waals surface area (Å²) in [7, 11) is 0. The Labute approximate surface area is 186 Å². The number of nitriles is 1. The quantitative estimate of drug-likeness (QED) is 0.445. The number of hydrogen-bond donors (Lipinski definition) is 3. The maximum Gasteiger partial charge on any atom is 0.435 e. The Balaban J connectivity index is 1.61. The van der Waals surface area contributed by atoms with Crippen LogP contribution in [-0.4, -0.2) is 22.6 Å². The van der Waals surface area contributed by atoms with Crippen LogP contribution in [0, 0.1) is 23.1 Å². The van der Waals surface area contributed by atoms with Crippen LogP contribution in [0.2, 0.25) is 0 Å². The van der Waals surface area contributed by atoms with E-state index in [1.54, 1.807) is 24.3 Å². The van der Waals surface area contributed by atoms with Gasteiger partial charge >= 0.3 is 6.18 Å². The molecule has 1 atom stereocenters. The molecular formula is C23H19F4N5O. The van der Waals surface area contributed by atoms with Gasteiger partial charge in [0, 0.05) is 6.07 Å². The first-order chi connectivity index (χ1) is 15.7. The van der Waals surface area contributed by atoms with Crippen molar-refractivity contribution in [1.82, 2.24) is 15.5 Å². The van der Waals surface area contributed by atoms with Crippen molar-refractivity contribution in [2.24, 2.45) is 5.92 Å². The summed E-state index contributed by atoms with van der Waals surface area (Å²) < 4.78 is 52.7. The van der Waals surface area contributed by atoms with Gasteiger partial charge in [0.15, 0.2) is 5.69 Å². The van der Waals surface area contributed by atoms with E-state index in [0.29, 0.717) is 23.1 Å². The monoisotopic (exact) mass is 457 g/mol. The van der Waals surface area contributed by atoms with Gasteiger partial charge in [-0.3, -0.25) is 9.89 Å². The SMILES string of the molecule is N#Cc1cccc(C(NCC2CC2)c2ccc(F)c(NC(=O)c3cc(C(F)(F)F)n[nH]3)c2)c1. The third kappa shape index (κ3) is 5.38. The second-order valence-corrected chi connectivity index (χ2v) is 7.88. The van der Waals surface area contributed by atoms with E-state index >= 15 is 0 Å². The third-order valence-electron chi connectivity index (χ3n) is 5.34. The van der Waals surface area contributed by atoms with Gasteiger partial charge in [-0.2, -0.15) is 23.5 Å². The van der Waals surface area contributed by atoms with E-state index in [1.165, 1.54) is 12.1 Å². The van der Waals surface area contributed by atoms with E-state index < -0.39 is 29.3 Å². The van der Waals surface area contributed by atoms with Gasteiger partial charge in [0.2, 0.25) is 0 Å². The topological polar surface area (TPSA) is 93.6 Å². The van der Waals surface area contributed by atoms with Crippen molar-refractivity contribution in [2.75, 3.05) is 11.9 Å². The predicted molar refractivity (Wildman–Crippen MR) is 112 cm³/mol. The zero-order chi connectivity index (χ0) is 23.6. The highest BCUT2D eigenvalue weighted by atomic mass is 19.4. The Morgan fingerprint density at radius 2 is 1.94 bits per heavy atom. The van der Waals surface area contributed by atoms with Crippen LogP contribution in [0.4, 0.5) is 23.2 Å². The number of carbonyl (C=O) groups is 1. The Morgan fingerprint density at radius 1 is 1.18 bits per heavy atom. The van der Waals surface area contributed by atoms with Gasteiger partial charge in [0.25, 0.3) is 5.91 Å². The van der Waals surface area contributed by atoms with Crippen molar-refractivity contribution < 1.29 is 22.4 Å². The van der Waals surface area contributed by atoms with Crippen molar-refractivity contribution in [3.05, 3.63) is 82.4 Å². The lowest BCUT2D eigenvalue weighted by molar-refractivity contribution is -0.141. The first kappa shape index (κ1) is 22.5.